The lowest BCUT2D eigenvalue weighted by atomic mass is 10.1. The van der Waals surface area contributed by atoms with E-state index in [1.807, 2.05) is 0 Å². The van der Waals surface area contributed by atoms with E-state index in [2.05, 4.69) is 31.1 Å². The number of hydrogen-bond donors (Lipinski definition) is 12. The van der Waals surface area contributed by atoms with Crippen LogP contribution in [0, 0.1) is 0 Å². The Hall–Kier alpha value is -4.84. The van der Waals surface area contributed by atoms with Gasteiger partial charge < -0.3 is 48.8 Å². The summed E-state index contributed by atoms with van der Waals surface area (Å²) < 4.78 is 129. The van der Waals surface area contributed by atoms with Crippen LogP contribution in [0.15, 0.2) is 88.6 Å². The van der Waals surface area contributed by atoms with Crippen LogP contribution >= 0.6 is 21.7 Å². The number of carbonyl (C=O) groups excluding carboxylic acids is 2. The highest BCUT2D eigenvalue weighted by Gasteiger charge is 2.30. The maximum atomic E-state index is 12.5. The minimum Gasteiger partial charge on any atom is -0.505 e. The van der Waals surface area contributed by atoms with Gasteiger partial charge in [0.1, 0.15) is 54.3 Å². The standard InChI is InChI=1S/C26H27N7O15S4/c1-11(34)28-14-3-5-18(49(37,38)39)16(9-14)30-32-24-20(51(43,44)45)7-13-8-21(52(46,47)48)25(26(36)22(13)23(24)27)33-31-17-10-15(29-12(2)35)4-6-19(17)50(40,41)42/h3-10,36-39,46-48H,27H2,1-2H3,(H,28,34)(H,29,35)(H,40,41,42)(H,43,44,45). The lowest BCUT2D eigenvalue weighted by Crippen LogP contribution is -2.06. The van der Waals surface area contributed by atoms with E-state index < -0.39 is 118 Å². The number of carbonyl (C=O) groups is 2. The first kappa shape index (κ1) is 39.9. The van der Waals surface area contributed by atoms with E-state index in [0.29, 0.717) is 12.1 Å². The highest BCUT2D eigenvalue weighted by Crippen LogP contribution is 2.57. The molecule has 4 aromatic rings. The molecule has 2 amide bonds. The average molecular weight is 806 g/mol. The van der Waals surface area contributed by atoms with E-state index in [4.69, 9.17) is 5.73 Å². The van der Waals surface area contributed by atoms with Gasteiger partial charge in [-0.1, -0.05) is 0 Å². The van der Waals surface area contributed by atoms with Gasteiger partial charge in [0.25, 0.3) is 20.2 Å². The highest BCUT2D eigenvalue weighted by atomic mass is 32.3. The van der Waals surface area contributed by atoms with Crippen LogP contribution in [-0.4, -0.2) is 70.2 Å². The Labute approximate surface area is 296 Å². The molecule has 0 unspecified atom stereocenters. The summed E-state index contributed by atoms with van der Waals surface area (Å²) >= 11 is 0. The summed E-state index contributed by atoms with van der Waals surface area (Å²) in [5, 5.41) is 29.6. The molecule has 26 heteroatoms. The lowest BCUT2D eigenvalue weighted by Gasteiger charge is -2.23. The second-order valence-corrected chi connectivity index (χ2v) is 16.2. The predicted octanol–water partition coefficient (Wildman–Crippen LogP) is 6.53. The van der Waals surface area contributed by atoms with Crippen LogP contribution in [0.4, 0.5) is 39.8 Å². The molecule has 4 rings (SSSR count). The second-order valence-electron chi connectivity index (χ2n) is 10.4. The van der Waals surface area contributed by atoms with E-state index in [0.717, 1.165) is 50.2 Å². The zero-order chi connectivity index (χ0) is 39.1. The number of azo groups is 2. The number of benzene rings is 4. The number of nitrogen functional groups attached to an aromatic ring is 1. The Morgan fingerprint density at radius 2 is 1.02 bits per heavy atom. The molecule has 0 aliphatic rings. The fourth-order valence-corrected chi connectivity index (χ4v) is 7.11. The number of amides is 2. The Morgan fingerprint density at radius 1 is 0.596 bits per heavy atom. The van der Waals surface area contributed by atoms with Gasteiger partial charge in [-0.2, -0.15) is 16.8 Å². The Balaban J connectivity index is 2.05. The highest BCUT2D eigenvalue weighted by molar-refractivity contribution is 8.19. The summed E-state index contributed by atoms with van der Waals surface area (Å²) in [6.45, 7) is 2.26. The van der Waals surface area contributed by atoms with Gasteiger partial charge in [0, 0.05) is 25.2 Å². The summed E-state index contributed by atoms with van der Waals surface area (Å²) in [5.41, 5.74) is 2.14. The van der Waals surface area contributed by atoms with Crippen molar-refractivity contribution in [1.82, 2.24) is 0 Å². The number of nitrogens with one attached hydrogen (secondary N) is 2. The topological polar surface area (TPSA) is 384 Å². The normalized spacial score (nSPS) is 13.5. The van der Waals surface area contributed by atoms with Crippen molar-refractivity contribution in [3.63, 3.8) is 0 Å². The van der Waals surface area contributed by atoms with E-state index >= 15 is 0 Å². The minimum absolute atomic E-state index is 0.00160. The fourth-order valence-electron chi connectivity index (χ4n) is 4.53. The van der Waals surface area contributed by atoms with Gasteiger partial charge in [-0.3, -0.25) is 18.7 Å². The van der Waals surface area contributed by atoms with Gasteiger partial charge in [-0.15, -0.1) is 20.5 Å². The van der Waals surface area contributed by atoms with Gasteiger partial charge in [0.15, 0.2) is 5.75 Å². The molecule has 280 valence electrons. The van der Waals surface area contributed by atoms with Crippen LogP contribution in [0.25, 0.3) is 10.8 Å². The quantitative estimate of drug-likeness (QED) is 0.0460. The van der Waals surface area contributed by atoms with Crippen molar-refractivity contribution in [1.29, 1.82) is 0 Å². The zero-order valence-corrected chi connectivity index (χ0v) is 29.4. The number of anilines is 3. The zero-order valence-electron chi connectivity index (χ0n) is 26.1. The van der Waals surface area contributed by atoms with Gasteiger partial charge in [0.05, 0.1) is 20.9 Å². The third-order valence-electron chi connectivity index (χ3n) is 6.53. The van der Waals surface area contributed by atoms with Crippen molar-refractivity contribution in [3.05, 3.63) is 48.5 Å². The SMILES string of the molecule is CC(=O)Nc1ccc(S(O)(O)O)c(N=Nc2c(S(=O)(=O)O)cc3cc(S(O)(O)O)c(N=Nc4cc(NC(C)=O)ccc4S(=O)(=O)O)c(O)c3c2N)c1. The van der Waals surface area contributed by atoms with E-state index in [1.165, 1.54) is 0 Å². The van der Waals surface area contributed by atoms with Gasteiger partial charge >= 0.3 is 0 Å². The summed E-state index contributed by atoms with van der Waals surface area (Å²) in [4.78, 5) is 19.4. The van der Waals surface area contributed by atoms with Gasteiger partial charge in [-0.05, 0) is 53.9 Å². The van der Waals surface area contributed by atoms with Crippen LogP contribution in [0.2, 0.25) is 0 Å². The van der Waals surface area contributed by atoms with E-state index in [1.54, 1.807) is 0 Å². The molecule has 0 aliphatic carbocycles. The smallest absolute Gasteiger partial charge is 0.296 e. The number of aromatic hydroxyl groups is 1. The van der Waals surface area contributed by atoms with Crippen LogP contribution < -0.4 is 16.4 Å². The van der Waals surface area contributed by atoms with Crippen molar-refractivity contribution >= 4 is 104 Å². The van der Waals surface area contributed by atoms with Crippen molar-refractivity contribution in [3.8, 4) is 5.75 Å². The van der Waals surface area contributed by atoms with Gasteiger partial charge in [0.2, 0.25) is 11.8 Å². The van der Waals surface area contributed by atoms with Crippen molar-refractivity contribution in [2.24, 2.45) is 20.5 Å². The lowest BCUT2D eigenvalue weighted by molar-refractivity contribution is -0.115. The molecule has 4 aromatic carbocycles. The molecule has 0 heterocycles. The molecule has 0 fully saturated rings. The van der Waals surface area contributed by atoms with Crippen molar-refractivity contribution in [2.75, 3.05) is 16.4 Å². The second kappa shape index (κ2) is 14.3. The summed E-state index contributed by atoms with van der Waals surface area (Å²) in [6, 6.07) is 7.19. The first-order chi connectivity index (χ1) is 23.8. The van der Waals surface area contributed by atoms with E-state index in [-0.39, 0.29) is 11.4 Å². The Morgan fingerprint density at radius 3 is 1.46 bits per heavy atom. The van der Waals surface area contributed by atoms with E-state index in [9.17, 15) is 68.0 Å². The number of nitrogens with zero attached hydrogens (tertiary/aromatic N) is 4. The minimum atomic E-state index is -5.31. The largest absolute Gasteiger partial charge is 0.505 e. The van der Waals surface area contributed by atoms with Crippen LogP contribution in [0.5, 0.6) is 5.75 Å². The molecule has 52 heavy (non-hydrogen) atoms. The van der Waals surface area contributed by atoms with Crippen LogP contribution in [-0.2, 0) is 29.8 Å². The fraction of sp³-hybridized carbons (Fsp3) is 0.0769. The van der Waals surface area contributed by atoms with Crippen LogP contribution in [0.1, 0.15) is 13.8 Å². The first-order valence-electron chi connectivity index (χ1n) is 13.5. The van der Waals surface area contributed by atoms with Crippen LogP contribution in [0.3, 0.4) is 0 Å². The number of nitrogens with two attached hydrogens (primary N) is 1. The van der Waals surface area contributed by atoms with Crippen molar-refractivity contribution < 1.29 is 68.0 Å². The maximum absolute atomic E-state index is 12.5. The molecule has 0 aromatic heterocycles. The third kappa shape index (κ3) is 8.96. The van der Waals surface area contributed by atoms with Crippen molar-refractivity contribution in [2.45, 2.75) is 33.4 Å². The number of rotatable bonds is 10. The van der Waals surface area contributed by atoms with Gasteiger partial charge in [-0.25, -0.2) is 0 Å². The molecule has 0 atom stereocenters. The molecule has 0 spiro atoms. The Bertz CT molecular complexity index is 2430. The molecular weight excluding hydrogens is 779 g/mol. The average Bonchev–Trinajstić information content (AvgIpc) is 2.97. The molecule has 0 saturated carbocycles. The molecule has 0 bridgehead atoms. The summed E-state index contributed by atoms with van der Waals surface area (Å²) in [5.74, 6) is -2.35. The number of fused-ring (bicyclic) bond motifs is 1. The predicted molar refractivity (Wildman–Crippen MR) is 187 cm³/mol. The molecule has 22 nitrogen and oxygen atoms in total. The summed E-state index contributed by atoms with van der Waals surface area (Å²) in [6.07, 6.45) is 0. The summed E-state index contributed by atoms with van der Waals surface area (Å²) in [7, 11) is -19.7. The maximum Gasteiger partial charge on any atom is 0.296 e. The Kier molecular flexibility index (Phi) is 11.0. The molecule has 0 saturated heterocycles. The first-order valence-corrected chi connectivity index (χ1v) is 19.4. The third-order valence-corrected chi connectivity index (χ3v) is 10.1. The number of hydrogen-bond acceptors (Lipinski definition) is 18. The number of phenolic OH excluding ortho intramolecular Hbond substituents is 1. The molecule has 13 N–H and O–H groups in total. The monoisotopic (exact) mass is 805 g/mol. The molecular formula is C26H27N7O15S4. The number of phenols is 1. The molecule has 0 aliphatic heterocycles. The molecule has 0 radical (unpaired) electrons.